The molecule has 1 aromatic heterocycles. The lowest BCUT2D eigenvalue weighted by atomic mass is 9.90. The van der Waals surface area contributed by atoms with Crippen molar-refractivity contribution in [3.63, 3.8) is 0 Å². The highest BCUT2D eigenvalue weighted by Gasteiger charge is 2.16. The first kappa shape index (κ1) is 15.7. The lowest BCUT2D eigenvalue weighted by molar-refractivity contribution is 0.669. The minimum absolute atomic E-state index is 0.684. The van der Waals surface area contributed by atoms with Gasteiger partial charge in [-0.2, -0.15) is 0 Å². The van der Waals surface area contributed by atoms with Gasteiger partial charge in [-0.05, 0) is 56.9 Å². The summed E-state index contributed by atoms with van der Waals surface area (Å²) in [4.78, 5) is 0. The van der Waals surface area contributed by atoms with E-state index in [9.17, 15) is 0 Å². The molecule has 0 N–H and O–H groups in total. The summed E-state index contributed by atoms with van der Waals surface area (Å²) >= 11 is 6.20. The molecule has 5 aromatic carbocycles. The van der Waals surface area contributed by atoms with Gasteiger partial charge in [0, 0.05) is 21.9 Å². The number of hydrogen-bond acceptors (Lipinski definition) is 1. The second kappa shape index (κ2) is 5.85. The van der Waals surface area contributed by atoms with Crippen molar-refractivity contribution in [1.82, 2.24) is 0 Å². The summed E-state index contributed by atoms with van der Waals surface area (Å²) in [5.41, 5.74) is 4.13. The predicted octanol–water partition coefficient (Wildman–Crippen LogP) is 8.21. The van der Waals surface area contributed by atoms with E-state index in [0.717, 1.165) is 21.9 Å². The summed E-state index contributed by atoms with van der Waals surface area (Å²) in [7, 11) is 0. The van der Waals surface area contributed by atoms with Crippen LogP contribution >= 0.6 is 11.6 Å². The van der Waals surface area contributed by atoms with Gasteiger partial charge in [-0.15, -0.1) is 0 Å². The van der Waals surface area contributed by atoms with E-state index >= 15 is 0 Å². The lowest BCUT2D eigenvalue weighted by Crippen LogP contribution is -1.86. The fourth-order valence-corrected chi connectivity index (χ4v) is 4.47. The SMILES string of the molecule is Clc1ccc2c(c1)oc1cccc(-c3c4ccccc4cc4ccccc34)c12. The highest BCUT2D eigenvalue weighted by atomic mass is 35.5. The van der Waals surface area contributed by atoms with Gasteiger partial charge >= 0.3 is 0 Å². The Kier molecular flexibility index (Phi) is 3.29. The number of furan rings is 1. The van der Waals surface area contributed by atoms with Crippen LogP contribution in [0.4, 0.5) is 0 Å². The first-order chi connectivity index (χ1) is 13.8. The largest absolute Gasteiger partial charge is 0.456 e. The molecule has 6 rings (SSSR count). The van der Waals surface area contributed by atoms with Gasteiger partial charge in [0.2, 0.25) is 0 Å². The van der Waals surface area contributed by atoms with Crippen LogP contribution in [-0.4, -0.2) is 0 Å². The van der Waals surface area contributed by atoms with Gasteiger partial charge in [0.05, 0.1) is 0 Å². The van der Waals surface area contributed by atoms with Crippen LogP contribution in [0.5, 0.6) is 0 Å². The van der Waals surface area contributed by atoms with Crippen molar-refractivity contribution in [3.05, 3.63) is 96.0 Å². The predicted molar refractivity (Wildman–Crippen MR) is 119 cm³/mol. The Morgan fingerprint density at radius 1 is 0.571 bits per heavy atom. The molecule has 28 heavy (non-hydrogen) atoms. The monoisotopic (exact) mass is 378 g/mol. The summed E-state index contributed by atoms with van der Waals surface area (Å²) in [6, 6.07) is 31.6. The number of rotatable bonds is 1. The number of halogens is 1. The van der Waals surface area contributed by atoms with E-state index in [1.165, 1.54) is 32.7 Å². The molecule has 0 amide bonds. The van der Waals surface area contributed by atoms with E-state index in [2.05, 4.69) is 72.8 Å². The summed E-state index contributed by atoms with van der Waals surface area (Å²) in [5, 5.41) is 7.88. The molecule has 0 atom stereocenters. The van der Waals surface area contributed by atoms with Crippen molar-refractivity contribution >= 4 is 55.1 Å². The maximum atomic E-state index is 6.20. The second-order valence-electron chi connectivity index (χ2n) is 7.12. The van der Waals surface area contributed by atoms with Crippen molar-refractivity contribution in [2.45, 2.75) is 0 Å². The van der Waals surface area contributed by atoms with Crippen LogP contribution in [0.25, 0.3) is 54.6 Å². The van der Waals surface area contributed by atoms with Gasteiger partial charge in [-0.3, -0.25) is 0 Å². The van der Waals surface area contributed by atoms with Gasteiger partial charge in [0.1, 0.15) is 11.2 Å². The standard InChI is InChI=1S/C26H15ClO/c27-18-12-13-21-24(15-18)28-23-11-5-10-22(26(21)23)25-19-8-3-1-6-16(19)14-17-7-2-4-9-20(17)25/h1-15H. The van der Waals surface area contributed by atoms with Crippen molar-refractivity contribution in [3.8, 4) is 11.1 Å². The fourth-order valence-electron chi connectivity index (χ4n) is 4.31. The van der Waals surface area contributed by atoms with Gasteiger partial charge in [0.25, 0.3) is 0 Å². The third-order valence-corrected chi connectivity index (χ3v) is 5.73. The number of fused-ring (bicyclic) bond motifs is 5. The Bertz CT molecular complexity index is 1470. The summed E-state index contributed by atoms with van der Waals surface area (Å²) in [5.74, 6) is 0. The molecular weight excluding hydrogens is 364 g/mol. The molecule has 0 bridgehead atoms. The normalized spacial score (nSPS) is 11.8. The Labute approximate surface area is 166 Å². The molecule has 0 aliphatic carbocycles. The Balaban J connectivity index is 1.86. The molecule has 2 heteroatoms. The lowest BCUT2D eigenvalue weighted by Gasteiger charge is -2.13. The molecule has 132 valence electrons. The average Bonchev–Trinajstić information content (AvgIpc) is 3.09. The second-order valence-corrected chi connectivity index (χ2v) is 7.55. The van der Waals surface area contributed by atoms with Crippen LogP contribution in [0.2, 0.25) is 5.02 Å². The Morgan fingerprint density at radius 3 is 2.04 bits per heavy atom. The molecule has 6 aromatic rings. The highest BCUT2D eigenvalue weighted by Crippen LogP contribution is 2.43. The third kappa shape index (κ3) is 2.20. The molecule has 0 spiro atoms. The van der Waals surface area contributed by atoms with Gasteiger partial charge in [0.15, 0.2) is 0 Å². The quantitative estimate of drug-likeness (QED) is 0.263. The topological polar surface area (TPSA) is 13.1 Å². The van der Waals surface area contributed by atoms with Gasteiger partial charge in [-0.1, -0.05) is 72.3 Å². The van der Waals surface area contributed by atoms with Crippen molar-refractivity contribution in [2.75, 3.05) is 0 Å². The molecule has 0 fully saturated rings. The zero-order valence-corrected chi connectivity index (χ0v) is 15.7. The maximum Gasteiger partial charge on any atom is 0.136 e. The van der Waals surface area contributed by atoms with Gasteiger partial charge < -0.3 is 4.42 Å². The van der Waals surface area contributed by atoms with Crippen LogP contribution in [0.3, 0.4) is 0 Å². The van der Waals surface area contributed by atoms with E-state index in [4.69, 9.17) is 16.0 Å². The maximum absolute atomic E-state index is 6.20. The summed E-state index contributed by atoms with van der Waals surface area (Å²) in [6.07, 6.45) is 0. The Hall–Kier alpha value is -3.29. The fraction of sp³-hybridized carbons (Fsp3) is 0. The van der Waals surface area contributed by atoms with E-state index in [1.54, 1.807) is 0 Å². The van der Waals surface area contributed by atoms with Crippen LogP contribution in [0, 0.1) is 0 Å². The molecule has 0 aliphatic rings. The van der Waals surface area contributed by atoms with Crippen molar-refractivity contribution < 1.29 is 4.42 Å². The van der Waals surface area contributed by atoms with Crippen LogP contribution in [-0.2, 0) is 0 Å². The third-order valence-electron chi connectivity index (χ3n) is 5.50. The molecule has 1 heterocycles. The molecular formula is C26H15ClO. The minimum atomic E-state index is 0.684. The molecule has 0 saturated heterocycles. The van der Waals surface area contributed by atoms with Crippen molar-refractivity contribution in [2.24, 2.45) is 0 Å². The molecule has 1 nitrogen and oxygen atoms in total. The van der Waals surface area contributed by atoms with E-state index in [0.29, 0.717) is 5.02 Å². The number of benzene rings is 5. The summed E-state index contributed by atoms with van der Waals surface area (Å²) < 4.78 is 6.14. The zero-order chi connectivity index (χ0) is 18.7. The van der Waals surface area contributed by atoms with Crippen LogP contribution < -0.4 is 0 Å². The first-order valence-corrected chi connectivity index (χ1v) is 9.69. The van der Waals surface area contributed by atoms with E-state index < -0.39 is 0 Å². The minimum Gasteiger partial charge on any atom is -0.456 e. The van der Waals surface area contributed by atoms with Gasteiger partial charge in [-0.25, -0.2) is 0 Å². The van der Waals surface area contributed by atoms with E-state index in [-0.39, 0.29) is 0 Å². The zero-order valence-electron chi connectivity index (χ0n) is 14.9. The van der Waals surface area contributed by atoms with Crippen LogP contribution in [0.15, 0.2) is 95.4 Å². The molecule has 0 unspecified atom stereocenters. The van der Waals surface area contributed by atoms with Crippen LogP contribution in [0.1, 0.15) is 0 Å². The number of hydrogen-bond donors (Lipinski definition) is 0. The molecule has 0 aliphatic heterocycles. The first-order valence-electron chi connectivity index (χ1n) is 9.31. The van der Waals surface area contributed by atoms with Crippen molar-refractivity contribution in [1.29, 1.82) is 0 Å². The Morgan fingerprint density at radius 2 is 1.29 bits per heavy atom. The molecule has 0 saturated carbocycles. The van der Waals surface area contributed by atoms with E-state index in [1.807, 2.05) is 18.2 Å². The summed E-state index contributed by atoms with van der Waals surface area (Å²) in [6.45, 7) is 0. The average molecular weight is 379 g/mol. The highest BCUT2D eigenvalue weighted by molar-refractivity contribution is 6.31. The smallest absolute Gasteiger partial charge is 0.136 e. The molecule has 0 radical (unpaired) electrons.